The van der Waals surface area contributed by atoms with Gasteiger partial charge in [0, 0.05) is 36.6 Å². The maximum absolute atomic E-state index is 13.0. The number of aromatic nitrogens is 4. The molecule has 6 rings (SSSR count). The highest BCUT2D eigenvalue weighted by atomic mass is 16.6. The minimum absolute atomic E-state index is 0.00726. The fourth-order valence-electron chi connectivity index (χ4n) is 7.61. The minimum Gasteiger partial charge on any atom is -0.394 e. The van der Waals surface area contributed by atoms with Crippen molar-refractivity contribution in [1.29, 1.82) is 0 Å². The monoisotopic (exact) mass is 686 g/mol. The largest absolute Gasteiger partial charge is 0.394 e. The Morgan fingerprint density at radius 3 is 2.18 bits per heavy atom. The van der Waals surface area contributed by atoms with E-state index in [1.807, 2.05) is 36.4 Å². The van der Waals surface area contributed by atoms with Crippen molar-refractivity contribution in [3.05, 3.63) is 83.9 Å². The highest BCUT2D eigenvalue weighted by molar-refractivity contribution is 5.83. The van der Waals surface area contributed by atoms with E-state index in [1.54, 1.807) is 0 Å². The van der Waals surface area contributed by atoms with E-state index in [0.717, 1.165) is 30.5 Å². The number of nitrogens with zero attached hydrogens (tertiary/aromatic N) is 5. The number of aliphatic hydroxyl groups excluding tert-OH is 3. The lowest BCUT2D eigenvalue weighted by Gasteiger charge is -2.53. The molecule has 4 unspecified atom stereocenters. The summed E-state index contributed by atoms with van der Waals surface area (Å²) in [5, 5.41) is 40.3. The number of aliphatic hydroxyl groups is 3. The summed E-state index contributed by atoms with van der Waals surface area (Å²) in [6, 6.07) is 20.1. The van der Waals surface area contributed by atoms with Crippen LogP contribution in [-0.4, -0.2) is 101 Å². The van der Waals surface area contributed by atoms with E-state index >= 15 is 0 Å². The number of urea groups is 1. The highest BCUT2D eigenvalue weighted by Crippen LogP contribution is 2.38. The number of benzene rings is 2. The number of nitrogens with one attached hydrogen (secondary N) is 3. The van der Waals surface area contributed by atoms with Crippen LogP contribution in [0.4, 0.5) is 10.6 Å². The second-order valence-electron chi connectivity index (χ2n) is 14.5. The van der Waals surface area contributed by atoms with E-state index in [1.165, 1.54) is 17.3 Å². The lowest BCUT2D eigenvalue weighted by atomic mass is 9.80. The lowest BCUT2D eigenvalue weighted by Crippen LogP contribution is -2.60. The van der Waals surface area contributed by atoms with E-state index in [2.05, 4.69) is 77.8 Å². The van der Waals surface area contributed by atoms with Gasteiger partial charge in [-0.3, -0.25) is 9.47 Å². The first-order valence-corrected chi connectivity index (χ1v) is 17.5. The van der Waals surface area contributed by atoms with Gasteiger partial charge in [0.25, 0.3) is 0 Å². The standard InChI is InChI=1S/C37H50N8O5/c1-36(2)16-11-17-37(3,4)45(36)19-18-38-35(49)40-21-28-42-32(39-20-26(24-12-7-5-8-13-24)25-14-9-6-10-15-25)29-33(43-28)44(23-41-29)34-31(48)30(47)27(22-46)50-34/h5-10,12-15,23,26-27,30-31,34,46-48H,11,16-22H2,1-4H3,(H2,38,40,49)(H,39,42,43). The van der Waals surface area contributed by atoms with Crippen LogP contribution in [0.3, 0.4) is 0 Å². The molecule has 0 spiro atoms. The molecule has 13 nitrogen and oxygen atoms in total. The van der Waals surface area contributed by atoms with Crippen LogP contribution in [0.15, 0.2) is 67.0 Å². The normalized spacial score (nSPS) is 23.3. The number of carbonyl (C=O) groups is 1. The molecule has 50 heavy (non-hydrogen) atoms. The van der Waals surface area contributed by atoms with Crippen molar-refractivity contribution < 1.29 is 24.9 Å². The molecule has 4 aromatic rings. The molecule has 2 aromatic heterocycles. The number of anilines is 1. The Balaban J connectivity index is 1.22. The first-order chi connectivity index (χ1) is 24.0. The van der Waals surface area contributed by atoms with E-state index in [9.17, 15) is 20.1 Å². The van der Waals surface area contributed by atoms with Gasteiger partial charge in [-0.2, -0.15) is 0 Å². The number of ether oxygens (including phenoxy) is 1. The molecule has 2 fully saturated rings. The molecule has 2 amide bonds. The fraction of sp³-hybridized carbons (Fsp3) is 0.514. The quantitative estimate of drug-likeness (QED) is 0.130. The van der Waals surface area contributed by atoms with Gasteiger partial charge in [-0.05, 0) is 58.1 Å². The Labute approximate surface area is 293 Å². The van der Waals surface area contributed by atoms with Crippen LogP contribution in [0.1, 0.15) is 76.1 Å². The molecular weight excluding hydrogens is 636 g/mol. The summed E-state index contributed by atoms with van der Waals surface area (Å²) in [6.45, 7) is 10.3. The molecule has 2 aromatic carbocycles. The van der Waals surface area contributed by atoms with Crippen LogP contribution in [0, 0.1) is 0 Å². The van der Waals surface area contributed by atoms with Crippen LogP contribution >= 0.6 is 0 Å². The third-order valence-electron chi connectivity index (χ3n) is 10.2. The highest BCUT2D eigenvalue weighted by Gasteiger charge is 2.44. The molecule has 13 heteroatoms. The fourth-order valence-corrected chi connectivity index (χ4v) is 7.61. The molecule has 268 valence electrons. The number of rotatable bonds is 12. The second-order valence-corrected chi connectivity index (χ2v) is 14.5. The molecule has 2 saturated heterocycles. The Bertz CT molecular complexity index is 1680. The van der Waals surface area contributed by atoms with Crippen molar-refractivity contribution in [1.82, 2.24) is 35.1 Å². The molecule has 4 heterocycles. The van der Waals surface area contributed by atoms with Gasteiger partial charge in [-0.25, -0.2) is 19.7 Å². The zero-order valence-electron chi connectivity index (χ0n) is 29.3. The maximum Gasteiger partial charge on any atom is 0.315 e. The number of carbonyl (C=O) groups excluding carboxylic acids is 1. The summed E-state index contributed by atoms with van der Waals surface area (Å²) in [5.41, 5.74) is 3.15. The van der Waals surface area contributed by atoms with Gasteiger partial charge >= 0.3 is 6.03 Å². The zero-order chi connectivity index (χ0) is 35.5. The molecule has 2 aliphatic heterocycles. The first-order valence-electron chi connectivity index (χ1n) is 17.5. The Morgan fingerprint density at radius 2 is 1.58 bits per heavy atom. The van der Waals surface area contributed by atoms with Gasteiger partial charge in [0.1, 0.15) is 18.3 Å². The number of likely N-dealkylation sites (tertiary alicyclic amines) is 1. The van der Waals surface area contributed by atoms with Gasteiger partial charge < -0.3 is 36.0 Å². The van der Waals surface area contributed by atoms with Crippen LogP contribution < -0.4 is 16.0 Å². The van der Waals surface area contributed by atoms with Crippen LogP contribution in [-0.2, 0) is 11.3 Å². The van der Waals surface area contributed by atoms with Crippen molar-refractivity contribution in [2.45, 2.75) is 95.0 Å². The Morgan fingerprint density at radius 1 is 0.940 bits per heavy atom. The van der Waals surface area contributed by atoms with E-state index in [0.29, 0.717) is 35.9 Å². The van der Waals surface area contributed by atoms with E-state index in [4.69, 9.17) is 14.7 Å². The van der Waals surface area contributed by atoms with Gasteiger partial charge in [-0.1, -0.05) is 60.7 Å². The molecule has 2 aliphatic rings. The number of hydrogen-bond acceptors (Lipinski definition) is 10. The molecule has 4 atom stereocenters. The van der Waals surface area contributed by atoms with Crippen molar-refractivity contribution in [3.63, 3.8) is 0 Å². The topological polar surface area (TPSA) is 170 Å². The zero-order valence-corrected chi connectivity index (χ0v) is 29.3. The minimum atomic E-state index is -1.32. The molecule has 0 radical (unpaired) electrons. The summed E-state index contributed by atoms with van der Waals surface area (Å²) in [4.78, 5) is 29.6. The summed E-state index contributed by atoms with van der Waals surface area (Å²) in [7, 11) is 0. The Kier molecular flexibility index (Phi) is 10.7. The second kappa shape index (κ2) is 15.0. The van der Waals surface area contributed by atoms with Gasteiger partial charge in [-0.15, -0.1) is 0 Å². The van der Waals surface area contributed by atoms with Gasteiger partial charge in [0.05, 0.1) is 19.5 Å². The van der Waals surface area contributed by atoms with Crippen molar-refractivity contribution in [2.24, 2.45) is 0 Å². The average molecular weight is 687 g/mol. The molecular formula is C37H50N8O5. The summed E-state index contributed by atoms with van der Waals surface area (Å²) in [5.74, 6) is 0.759. The predicted octanol–water partition coefficient (Wildman–Crippen LogP) is 3.52. The van der Waals surface area contributed by atoms with Gasteiger partial charge in [0.15, 0.2) is 29.0 Å². The van der Waals surface area contributed by atoms with Crippen molar-refractivity contribution >= 4 is 23.0 Å². The summed E-state index contributed by atoms with van der Waals surface area (Å²) < 4.78 is 7.34. The number of hydrogen-bond donors (Lipinski definition) is 6. The van der Waals surface area contributed by atoms with E-state index in [-0.39, 0.29) is 29.6 Å². The third-order valence-corrected chi connectivity index (χ3v) is 10.2. The van der Waals surface area contributed by atoms with Crippen molar-refractivity contribution in [3.8, 4) is 0 Å². The lowest BCUT2D eigenvalue weighted by molar-refractivity contribution is -0.0511. The maximum atomic E-state index is 13.0. The predicted molar refractivity (Wildman–Crippen MR) is 191 cm³/mol. The molecule has 0 aliphatic carbocycles. The third kappa shape index (κ3) is 7.62. The number of amides is 2. The number of piperidine rings is 1. The van der Waals surface area contributed by atoms with Gasteiger partial charge in [0.2, 0.25) is 0 Å². The molecule has 0 bridgehead atoms. The number of fused-ring (bicyclic) bond motifs is 1. The first kappa shape index (κ1) is 35.7. The summed E-state index contributed by atoms with van der Waals surface area (Å²) >= 11 is 0. The molecule has 0 saturated carbocycles. The van der Waals surface area contributed by atoms with Crippen LogP contribution in [0.5, 0.6) is 0 Å². The SMILES string of the molecule is CC1(C)CCCC(C)(C)N1CCNC(=O)NCc1nc(NCC(c2ccccc2)c2ccccc2)c2ncn(C3OC(CO)C(O)C3O)c2n1. The van der Waals surface area contributed by atoms with Crippen LogP contribution in [0.2, 0.25) is 0 Å². The van der Waals surface area contributed by atoms with Crippen LogP contribution in [0.25, 0.3) is 11.2 Å². The molecule has 6 N–H and O–H groups in total. The smallest absolute Gasteiger partial charge is 0.315 e. The van der Waals surface area contributed by atoms with Crippen molar-refractivity contribution in [2.75, 3.05) is 31.6 Å². The Hall–Kier alpha value is -4.14. The number of imidazole rings is 1. The average Bonchev–Trinajstić information content (AvgIpc) is 3.65. The van der Waals surface area contributed by atoms with E-state index < -0.39 is 31.1 Å². The summed E-state index contributed by atoms with van der Waals surface area (Å²) in [6.07, 6.45) is 0.301.